The van der Waals surface area contributed by atoms with Crippen LogP contribution in [-0.2, 0) is 0 Å². The molecule has 0 saturated heterocycles. The third-order valence-corrected chi connectivity index (χ3v) is 5.64. The molecule has 0 aliphatic carbocycles. The number of thioether (sulfide) groups is 1. The van der Waals surface area contributed by atoms with Crippen LogP contribution in [-0.4, -0.2) is 25.9 Å². The summed E-state index contributed by atoms with van der Waals surface area (Å²) in [5.74, 6) is 1.83. The Morgan fingerprint density at radius 1 is 1.22 bits per heavy atom. The molecule has 1 unspecified atom stereocenters. The molecular formula is C19H32N2OS. The molecule has 1 aromatic rings. The van der Waals surface area contributed by atoms with E-state index >= 15 is 0 Å². The van der Waals surface area contributed by atoms with Crippen molar-refractivity contribution in [2.75, 3.05) is 24.7 Å². The Morgan fingerprint density at radius 3 is 2.43 bits per heavy atom. The van der Waals surface area contributed by atoms with Crippen LogP contribution in [0.1, 0.15) is 58.4 Å². The molecule has 1 rings (SSSR count). The van der Waals surface area contributed by atoms with Crippen LogP contribution in [0.3, 0.4) is 0 Å². The van der Waals surface area contributed by atoms with E-state index in [1.165, 1.54) is 29.0 Å². The van der Waals surface area contributed by atoms with Gasteiger partial charge in [-0.05, 0) is 48.9 Å². The smallest absolute Gasteiger partial charge is 0.0927 e. The summed E-state index contributed by atoms with van der Waals surface area (Å²) in [6.45, 7) is 8.62. The van der Waals surface area contributed by atoms with Crippen LogP contribution >= 0.6 is 11.8 Å². The number of nitrogens with zero attached hydrogens (tertiary/aromatic N) is 2. The molecule has 0 aliphatic rings. The number of nitroso groups, excluding NO2 is 1. The van der Waals surface area contributed by atoms with Crippen LogP contribution < -0.4 is 4.90 Å². The number of benzene rings is 1. The molecule has 130 valence electrons. The lowest BCUT2D eigenvalue weighted by atomic mass is 9.98. The van der Waals surface area contributed by atoms with Crippen LogP contribution in [0.2, 0.25) is 0 Å². The van der Waals surface area contributed by atoms with Crippen molar-refractivity contribution in [3.05, 3.63) is 28.7 Å². The quantitative estimate of drug-likeness (QED) is 0.392. The Hall–Kier alpha value is -1.03. The van der Waals surface area contributed by atoms with Crippen molar-refractivity contribution < 1.29 is 0 Å². The van der Waals surface area contributed by atoms with E-state index in [2.05, 4.69) is 63.1 Å². The Labute approximate surface area is 146 Å². The normalized spacial score (nSPS) is 13.9. The Morgan fingerprint density at radius 2 is 1.91 bits per heavy atom. The van der Waals surface area contributed by atoms with Crippen molar-refractivity contribution in [3.8, 4) is 0 Å². The van der Waals surface area contributed by atoms with Gasteiger partial charge in [-0.1, -0.05) is 38.8 Å². The molecule has 3 nitrogen and oxygen atoms in total. The average Bonchev–Trinajstić information content (AvgIpc) is 2.53. The van der Waals surface area contributed by atoms with Gasteiger partial charge in [0.05, 0.1) is 6.04 Å². The summed E-state index contributed by atoms with van der Waals surface area (Å²) in [7, 11) is 4.15. The second-order valence-electron chi connectivity index (χ2n) is 6.83. The maximum atomic E-state index is 11.0. The van der Waals surface area contributed by atoms with E-state index in [1.807, 2.05) is 18.7 Å². The van der Waals surface area contributed by atoms with E-state index in [1.54, 1.807) is 0 Å². The maximum Gasteiger partial charge on any atom is 0.0927 e. The van der Waals surface area contributed by atoms with Gasteiger partial charge in [-0.2, -0.15) is 4.91 Å². The van der Waals surface area contributed by atoms with Gasteiger partial charge < -0.3 is 4.90 Å². The van der Waals surface area contributed by atoms with Crippen LogP contribution in [0.4, 0.5) is 5.69 Å². The van der Waals surface area contributed by atoms with E-state index in [-0.39, 0.29) is 6.04 Å². The summed E-state index contributed by atoms with van der Waals surface area (Å²) in [6, 6.07) is 6.59. The fraction of sp³-hybridized carbons (Fsp3) is 0.684. The van der Waals surface area contributed by atoms with Crippen molar-refractivity contribution in [2.45, 2.75) is 63.8 Å². The Bertz CT molecular complexity index is 488. The average molecular weight is 337 g/mol. The first-order valence-corrected chi connectivity index (χ1v) is 9.65. The first-order chi connectivity index (χ1) is 10.9. The molecule has 23 heavy (non-hydrogen) atoms. The van der Waals surface area contributed by atoms with Gasteiger partial charge >= 0.3 is 0 Å². The molecule has 0 spiro atoms. The van der Waals surface area contributed by atoms with E-state index in [0.29, 0.717) is 11.8 Å². The molecule has 0 aromatic heterocycles. The molecule has 0 amide bonds. The fourth-order valence-corrected chi connectivity index (χ4v) is 4.07. The second kappa shape index (κ2) is 9.96. The molecule has 0 heterocycles. The van der Waals surface area contributed by atoms with Crippen molar-refractivity contribution in [3.63, 3.8) is 0 Å². The summed E-state index contributed by atoms with van der Waals surface area (Å²) in [4.78, 5) is 14.4. The van der Waals surface area contributed by atoms with Crippen LogP contribution in [0.25, 0.3) is 0 Å². The fourth-order valence-electron chi connectivity index (χ4n) is 2.61. The highest BCUT2D eigenvalue weighted by molar-refractivity contribution is 7.99. The third-order valence-electron chi connectivity index (χ3n) is 4.36. The summed E-state index contributed by atoms with van der Waals surface area (Å²) in [6.07, 6.45) is 3.42. The number of hydrogen-bond acceptors (Lipinski definition) is 4. The summed E-state index contributed by atoms with van der Waals surface area (Å²) in [5.41, 5.74) is 2.63. The minimum absolute atomic E-state index is 0.0994. The number of rotatable bonds is 10. The Kier molecular flexibility index (Phi) is 8.67. The molecular weight excluding hydrogens is 304 g/mol. The van der Waals surface area contributed by atoms with Gasteiger partial charge in [-0.25, -0.2) is 0 Å². The Balaban J connectivity index is 2.87. The van der Waals surface area contributed by atoms with Gasteiger partial charge in [-0.15, -0.1) is 11.8 Å². The zero-order valence-electron chi connectivity index (χ0n) is 15.5. The predicted octanol–water partition coefficient (Wildman–Crippen LogP) is 5.93. The second-order valence-corrected chi connectivity index (χ2v) is 7.89. The highest BCUT2D eigenvalue weighted by Gasteiger charge is 2.19. The van der Waals surface area contributed by atoms with Crippen LogP contribution in [0.15, 0.2) is 28.3 Å². The number of unbranched alkanes of at least 4 members (excludes halogenated alkanes) is 1. The lowest BCUT2D eigenvalue weighted by Gasteiger charge is -2.21. The van der Waals surface area contributed by atoms with E-state index in [0.717, 1.165) is 12.2 Å². The molecule has 2 atom stereocenters. The SMILES string of the molecule is CCCC[C@H](CSc1ccc(N(C)C)cc1C(C)C)C(C)N=O. The zero-order valence-corrected chi connectivity index (χ0v) is 16.3. The van der Waals surface area contributed by atoms with Gasteiger partial charge in [0.25, 0.3) is 0 Å². The molecule has 4 heteroatoms. The van der Waals surface area contributed by atoms with E-state index < -0.39 is 0 Å². The molecule has 0 bridgehead atoms. The molecule has 1 aromatic carbocycles. The third kappa shape index (κ3) is 6.17. The standard InChI is InChI=1S/C19H32N2OS/c1-7-8-9-16(15(4)20-22)13-23-19-11-10-17(21(5)6)12-18(19)14(2)3/h10-12,14-16H,7-9,13H2,1-6H3/t15?,16-/m1/s1. The van der Waals surface area contributed by atoms with E-state index in [4.69, 9.17) is 0 Å². The summed E-state index contributed by atoms with van der Waals surface area (Å²) >= 11 is 1.88. The van der Waals surface area contributed by atoms with Gasteiger partial charge in [0.2, 0.25) is 0 Å². The van der Waals surface area contributed by atoms with Gasteiger partial charge in [0.1, 0.15) is 0 Å². The molecule has 0 N–H and O–H groups in total. The van der Waals surface area contributed by atoms with Gasteiger partial charge in [0, 0.05) is 30.4 Å². The molecule has 0 aliphatic heterocycles. The van der Waals surface area contributed by atoms with Crippen molar-refractivity contribution in [1.82, 2.24) is 0 Å². The summed E-state index contributed by atoms with van der Waals surface area (Å²) in [5, 5.41) is 3.28. The first-order valence-electron chi connectivity index (χ1n) is 8.67. The largest absolute Gasteiger partial charge is 0.378 e. The van der Waals surface area contributed by atoms with Crippen molar-refractivity contribution in [2.24, 2.45) is 11.1 Å². The predicted molar refractivity (Wildman–Crippen MR) is 104 cm³/mol. The zero-order chi connectivity index (χ0) is 17.4. The molecule has 0 saturated carbocycles. The minimum atomic E-state index is -0.0994. The van der Waals surface area contributed by atoms with E-state index in [9.17, 15) is 4.91 Å². The lowest BCUT2D eigenvalue weighted by molar-refractivity contribution is 0.441. The van der Waals surface area contributed by atoms with Gasteiger partial charge in [-0.3, -0.25) is 0 Å². The van der Waals surface area contributed by atoms with Crippen molar-refractivity contribution in [1.29, 1.82) is 0 Å². The minimum Gasteiger partial charge on any atom is -0.378 e. The topological polar surface area (TPSA) is 32.7 Å². The monoisotopic (exact) mass is 336 g/mol. The van der Waals surface area contributed by atoms with Crippen LogP contribution in [0.5, 0.6) is 0 Å². The lowest BCUT2D eigenvalue weighted by Crippen LogP contribution is -2.17. The van der Waals surface area contributed by atoms with Crippen LogP contribution in [0, 0.1) is 10.8 Å². The van der Waals surface area contributed by atoms with Crippen molar-refractivity contribution >= 4 is 17.4 Å². The highest BCUT2D eigenvalue weighted by Crippen LogP contribution is 2.34. The number of hydrogen-bond donors (Lipinski definition) is 0. The number of anilines is 1. The maximum absolute atomic E-state index is 11.0. The summed E-state index contributed by atoms with van der Waals surface area (Å²) < 4.78 is 0. The highest BCUT2D eigenvalue weighted by atomic mass is 32.2. The molecule has 0 fully saturated rings. The van der Waals surface area contributed by atoms with Gasteiger partial charge in [0.15, 0.2) is 0 Å². The first kappa shape index (κ1) is 20.0. The molecule has 0 radical (unpaired) electrons.